The van der Waals surface area contributed by atoms with Gasteiger partial charge >= 0.3 is 0 Å². The van der Waals surface area contributed by atoms with Gasteiger partial charge in [-0.15, -0.1) is 24.0 Å². The van der Waals surface area contributed by atoms with Crippen LogP contribution in [-0.2, 0) is 21.1 Å². The van der Waals surface area contributed by atoms with Gasteiger partial charge in [0, 0.05) is 26.4 Å². The van der Waals surface area contributed by atoms with Crippen molar-refractivity contribution in [2.45, 2.75) is 6.54 Å². The Hall–Kier alpha value is -0.940. The van der Waals surface area contributed by atoms with Gasteiger partial charge in [-0.25, -0.2) is 12.8 Å². The van der Waals surface area contributed by atoms with Crippen molar-refractivity contribution in [1.29, 1.82) is 0 Å². The molecule has 0 radical (unpaired) electrons. The molecule has 0 aliphatic rings. The van der Waals surface area contributed by atoms with Gasteiger partial charge in [-0.05, 0) is 17.7 Å². The van der Waals surface area contributed by atoms with E-state index in [2.05, 4.69) is 15.6 Å². The molecule has 0 amide bonds. The SMILES string of the molecule is CN=C(NCCOCCS(C)(=O)=O)NCc1ccc(F)cc1.I. The Labute approximate surface area is 153 Å². The first-order chi connectivity index (χ1) is 10.4. The van der Waals surface area contributed by atoms with E-state index in [1.54, 1.807) is 19.2 Å². The Bertz CT molecular complexity index is 579. The summed E-state index contributed by atoms with van der Waals surface area (Å²) in [5.41, 5.74) is 0.939. The molecule has 9 heteroatoms. The Morgan fingerprint density at radius 3 is 2.43 bits per heavy atom. The molecule has 1 aromatic rings. The summed E-state index contributed by atoms with van der Waals surface area (Å²) in [6, 6.07) is 6.21. The van der Waals surface area contributed by atoms with Gasteiger partial charge in [-0.2, -0.15) is 0 Å². The third kappa shape index (κ3) is 11.3. The molecule has 0 heterocycles. The molecule has 0 aromatic heterocycles. The van der Waals surface area contributed by atoms with Crippen molar-refractivity contribution in [2.24, 2.45) is 4.99 Å². The number of halogens is 2. The molecule has 0 saturated carbocycles. The van der Waals surface area contributed by atoms with Gasteiger partial charge in [-0.3, -0.25) is 4.99 Å². The van der Waals surface area contributed by atoms with Crippen LogP contribution in [0.1, 0.15) is 5.56 Å². The molecule has 2 N–H and O–H groups in total. The maximum Gasteiger partial charge on any atom is 0.191 e. The van der Waals surface area contributed by atoms with Crippen LogP contribution in [0.2, 0.25) is 0 Å². The minimum Gasteiger partial charge on any atom is -0.379 e. The summed E-state index contributed by atoms with van der Waals surface area (Å²) in [5, 5.41) is 6.12. The number of rotatable bonds is 8. The highest BCUT2D eigenvalue weighted by Crippen LogP contribution is 2.01. The number of sulfone groups is 1. The Balaban J connectivity index is 0.00000484. The van der Waals surface area contributed by atoms with Gasteiger partial charge in [0.1, 0.15) is 15.7 Å². The van der Waals surface area contributed by atoms with E-state index in [1.807, 2.05) is 0 Å². The molecule has 0 unspecified atom stereocenters. The number of ether oxygens (including phenoxy) is 1. The van der Waals surface area contributed by atoms with Crippen molar-refractivity contribution >= 4 is 39.8 Å². The lowest BCUT2D eigenvalue weighted by molar-refractivity contribution is 0.154. The molecule has 23 heavy (non-hydrogen) atoms. The van der Waals surface area contributed by atoms with Crippen molar-refractivity contribution in [2.75, 3.05) is 38.8 Å². The van der Waals surface area contributed by atoms with E-state index in [-0.39, 0.29) is 42.2 Å². The highest BCUT2D eigenvalue weighted by atomic mass is 127. The maximum absolute atomic E-state index is 12.8. The number of aliphatic imine (C=N–C) groups is 1. The van der Waals surface area contributed by atoms with E-state index in [9.17, 15) is 12.8 Å². The van der Waals surface area contributed by atoms with Crippen molar-refractivity contribution in [3.63, 3.8) is 0 Å². The number of guanidine groups is 1. The first-order valence-electron chi connectivity index (χ1n) is 6.85. The second-order valence-corrected chi connectivity index (χ2v) is 6.98. The van der Waals surface area contributed by atoms with E-state index in [0.717, 1.165) is 5.56 Å². The van der Waals surface area contributed by atoms with E-state index < -0.39 is 9.84 Å². The number of hydrogen-bond donors (Lipinski definition) is 2. The minimum atomic E-state index is -2.98. The third-order valence-electron chi connectivity index (χ3n) is 2.73. The second-order valence-electron chi connectivity index (χ2n) is 4.72. The van der Waals surface area contributed by atoms with Crippen LogP contribution in [0, 0.1) is 5.82 Å². The average molecular weight is 459 g/mol. The first-order valence-corrected chi connectivity index (χ1v) is 8.91. The number of nitrogens with one attached hydrogen (secondary N) is 2. The van der Waals surface area contributed by atoms with Crippen LogP contribution in [0.4, 0.5) is 4.39 Å². The zero-order chi connectivity index (χ0) is 16.4. The molecule has 0 aliphatic heterocycles. The van der Waals surface area contributed by atoms with Gasteiger partial charge in [0.05, 0.1) is 19.0 Å². The predicted octanol–water partition coefficient (Wildman–Crippen LogP) is 1.17. The lowest BCUT2D eigenvalue weighted by Gasteiger charge is -2.12. The van der Waals surface area contributed by atoms with Crippen LogP contribution in [0.5, 0.6) is 0 Å². The molecule has 0 fully saturated rings. The zero-order valence-electron chi connectivity index (χ0n) is 13.2. The molecular weight excluding hydrogens is 436 g/mol. The molecule has 1 rings (SSSR count). The standard InChI is InChI=1S/C14H22FN3O3S.HI/c1-16-14(17-7-8-21-9-10-22(2,19)20)18-11-12-3-5-13(15)6-4-12;/h3-6H,7-11H2,1-2H3,(H2,16,17,18);1H. The fourth-order valence-corrected chi connectivity index (χ4v) is 1.98. The van der Waals surface area contributed by atoms with Gasteiger partial charge < -0.3 is 15.4 Å². The van der Waals surface area contributed by atoms with Gasteiger partial charge in [0.25, 0.3) is 0 Å². The molecule has 0 saturated heterocycles. The van der Waals surface area contributed by atoms with Crippen molar-refractivity contribution in [3.8, 4) is 0 Å². The van der Waals surface area contributed by atoms with Gasteiger partial charge in [-0.1, -0.05) is 12.1 Å². The van der Waals surface area contributed by atoms with Crippen LogP contribution in [0.3, 0.4) is 0 Å². The fraction of sp³-hybridized carbons (Fsp3) is 0.500. The molecule has 0 bridgehead atoms. The molecule has 6 nitrogen and oxygen atoms in total. The molecule has 132 valence electrons. The predicted molar refractivity (Wildman–Crippen MR) is 101 cm³/mol. The monoisotopic (exact) mass is 459 g/mol. The van der Waals surface area contributed by atoms with Crippen LogP contribution < -0.4 is 10.6 Å². The highest BCUT2D eigenvalue weighted by Gasteiger charge is 2.02. The van der Waals surface area contributed by atoms with Crippen molar-refractivity contribution in [1.82, 2.24) is 10.6 Å². The van der Waals surface area contributed by atoms with E-state index in [0.29, 0.717) is 25.7 Å². The molecule has 1 aromatic carbocycles. The summed E-state index contributed by atoms with van der Waals surface area (Å²) in [4.78, 5) is 4.05. The topological polar surface area (TPSA) is 79.8 Å². The minimum absolute atomic E-state index is 0. The fourth-order valence-electron chi connectivity index (χ4n) is 1.56. The maximum atomic E-state index is 12.8. The van der Waals surface area contributed by atoms with Crippen LogP contribution in [0.15, 0.2) is 29.3 Å². The highest BCUT2D eigenvalue weighted by molar-refractivity contribution is 14.0. The number of benzene rings is 1. The second kappa shape index (κ2) is 11.6. The summed E-state index contributed by atoms with van der Waals surface area (Å²) in [5.74, 6) is 0.346. The smallest absolute Gasteiger partial charge is 0.191 e. The van der Waals surface area contributed by atoms with Crippen LogP contribution in [-0.4, -0.2) is 53.2 Å². The lowest BCUT2D eigenvalue weighted by Crippen LogP contribution is -2.38. The summed E-state index contributed by atoms with van der Waals surface area (Å²) >= 11 is 0. The third-order valence-corrected chi connectivity index (χ3v) is 3.64. The van der Waals surface area contributed by atoms with E-state index in [1.165, 1.54) is 18.4 Å². The Kier molecular flexibility index (Phi) is 11.1. The summed E-state index contributed by atoms with van der Waals surface area (Å²) < 4.78 is 39.8. The molecule has 0 spiro atoms. The van der Waals surface area contributed by atoms with E-state index >= 15 is 0 Å². The summed E-state index contributed by atoms with van der Waals surface area (Å²) in [7, 11) is -1.34. The lowest BCUT2D eigenvalue weighted by atomic mass is 10.2. The summed E-state index contributed by atoms with van der Waals surface area (Å²) in [6.07, 6.45) is 1.18. The normalized spacial score (nSPS) is 11.7. The van der Waals surface area contributed by atoms with Crippen molar-refractivity contribution < 1.29 is 17.5 Å². The van der Waals surface area contributed by atoms with Crippen LogP contribution >= 0.6 is 24.0 Å². The average Bonchev–Trinajstić information content (AvgIpc) is 2.46. The molecule has 0 aliphatic carbocycles. The first kappa shape index (κ1) is 22.1. The van der Waals surface area contributed by atoms with Crippen molar-refractivity contribution in [3.05, 3.63) is 35.6 Å². The largest absolute Gasteiger partial charge is 0.379 e. The van der Waals surface area contributed by atoms with Crippen LogP contribution in [0.25, 0.3) is 0 Å². The van der Waals surface area contributed by atoms with Gasteiger partial charge in [0.2, 0.25) is 0 Å². The number of hydrogen-bond acceptors (Lipinski definition) is 4. The zero-order valence-corrected chi connectivity index (χ0v) is 16.4. The quantitative estimate of drug-likeness (QED) is 0.264. The Morgan fingerprint density at radius 1 is 1.22 bits per heavy atom. The van der Waals surface area contributed by atoms with Gasteiger partial charge in [0.15, 0.2) is 5.96 Å². The number of nitrogens with zero attached hydrogens (tertiary/aromatic N) is 1. The summed E-state index contributed by atoms with van der Waals surface area (Å²) in [6.45, 7) is 1.59. The molecular formula is C14H23FIN3O3S. The van der Waals surface area contributed by atoms with E-state index in [4.69, 9.17) is 4.74 Å². The molecule has 0 atom stereocenters. The Morgan fingerprint density at radius 2 is 1.87 bits per heavy atom.